The quantitative estimate of drug-likeness (QED) is 0.440. The van der Waals surface area contributed by atoms with Crippen molar-refractivity contribution in [2.75, 3.05) is 10.6 Å². The zero-order valence-corrected chi connectivity index (χ0v) is 16.7. The Balaban J connectivity index is 1.49. The van der Waals surface area contributed by atoms with Crippen LogP contribution in [0, 0.1) is 0 Å². The Hall–Kier alpha value is -3.99. The number of benzene rings is 3. The molecule has 0 aliphatic heterocycles. The second-order valence-corrected chi connectivity index (χ2v) is 6.86. The number of amides is 1. The van der Waals surface area contributed by atoms with Gasteiger partial charge in [0, 0.05) is 28.6 Å². The second-order valence-electron chi connectivity index (χ2n) is 6.86. The summed E-state index contributed by atoms with van der Waals surface area (Å²) in [7, 11) is 0. The summed E-state index contributed by atoms with van der Waals surface area (Å²) in [4.78, 5) is 21.3. The Bertz CT molecular complexity index is 1140. The molecule has 0 radical (unpaired) electrons. The molecular weight excluding hydrogens is 372 g/mol. The molecule has 0 unspecified atom stereocenters. The van der Waals surface area contributed by atoms with Crippen molar-refractivity contribution >= 4 is 23.1 Å². The lowest BCUT2D eigenvalue weighted by atomic mass is 10.1. The lowest BCUT2D eigenvalue weighted by Crippen LogP contribution is -2.12. The number of hydrogen-bond donors (Lipinski definition) is 2. The Morgan fingerprint density at radius 1 is 0.833 bits per heavy atom. The fourth-order valence-corrected chi connectivity index (χ4v) is 3.11. The lowest BCUT2D eigenvalue weighted by molar-refractivity contribution is 0.102. The van der Waals surface area contributed by atoms with E-state index in [9.17, 15) is 4.79 Å². The average Bonchev–Trinajstić information content (AvgIpc) is 2.80. The van der Waals surface area contributed by atoms with E-state index in [0.717, 1.165) is 29.1 Å². The van der Waals surface area contributed by atoms with E-state index in [1.165, 1.54) is 11.9 Å². The molecule has 2 N–H and O–H groups in total. The zero-order chi connectivity index (χ0) is 20.8. The van der Waals surface area contributed by atoms with E-state index >= 15 is 0 Å². The minimum atomic E-state index is -0.157. The molecule has 0 bridgehead atoms. The Kier molecular flexibility index (Phi) is 5.80. The number of carbonyl (C=O) groups excluding carboxylic acids is 1. The van der Waals surface area contributed by atoms with Gasteiger partial charge in [-0.3, -0.25) is 4.79 Å². The topological polar surface area (TPSA) is 66.9 Å². The molecular formula is C25H22N4O. The summed E-state index contributed by atoms with van der Waals surface area (Å²) >= 11 is 0. The number of aromatic nitrogens is 2. The molecule has 1 heterocycles. The van der Waals surface area contributed by atoms with Crippen molar-refractivity contribution in [2.45, 2.75) is 13.3 Å². The molecule has 5 heteroatoms. The number of anilines is 3. The van der Waals surface area contributed by atoms with Crippen LogP contribution in [0.3, 0.4) is 0 Å². The Morgan fingerprint density at radius 2 is 1.63 bits per heavy atom. The highest BCUT2D eigenvalue weighted by molar-refractivity contribution is 6.04. The molecule has 3 aromatic carbocycles. The summed E-state index contributed by atoms with van der Waals surface area (Å²) in [6.45, 7) is 2.10. The second kappa shape index (κ2) is 9.01. The number of hydrogen-bond acceptors (Lipinski definition) is 4. The van der Waals surface area contributed by atoms with Gasteiger partial charge in [-0.1, -0.05) is 55.5 Å². The van der Waals surface area contributed by atoms with Crippen LogP contribution in [0.15, 0.2) is 91.3 Å². The van der Waals surface area contributed by atoms with Crippen molar-refractivity contribution < 1.29 is 4.79 Å². The summed E-state index contributed by atoms with van der Waals surface area (Å²) in [6, 6.07) is 27.0. The molecule has 1 aromatic heterocycles. The van der Waals surface area contributed by atoms with Crippen LogP contribution >= 0.6 is 0 Å². The molecule has 30 heavy (non-hydrogen) atoms. The molecule has 1 amide bonds. The van der Waals surface area contributed by atoms with Crippen LogP contribution in [0.5, 0.6) is 0 Å². The smallest absolute Gasteiger partial charge is 0.255 e. The summed E-state index contributed by atoms with van der Waals surface area (Å²) < 4.78 is 0. The summed E-state index contributed by atoms with van der Waals surface area (Å²) in [5, 5.41) is 6.20. The standard InChI is InChI=1S/C25H22N4O/c1-2-18-11-13-21(14-12-18)29-25(30)20-9-6-10-22(15-20)28-24-16-23(26-17-27-24)19-7-4-3-5-8-19/h3-17H,2H2,1H3,(H,29,30)(H,26,27,28). The van der Waals surface area contributed by atoms with Gasteiger partial charge in [0.1, 0.15) is 12.1 Å². The molecule has 5 nitrogen and oxygen atoms in total. The summed E-state index contributed by atoms with van der Waals surface area (Å²) in [6.07, 6.45) is 2.50. The number of rotatable bonds is 6. The van der Waals surface area contributed by atoms with Gasteiger partial charge in [0.25, 0.3) is 5.91 Å². The van der Waals surface area contributed by atoms with Crippen molar-refractivity contribution in [2.24, 2.45) is 0 Å². The maximum absolute atomic E-state index is 12.6. The number of nitrogens with one attached hydrogen (secondary N) is 2. The van der Waals surface area contributed by atoms with Gasteiger partial charge >= 0.3 is 0 Å². The fraction of sp³-hybridized carbons (Fsp3) is 0.0800. The van der Waals surface area contributed by atoms with Crippen molar-refractivity contribution in [3.05, 3.63) is 102 Å². The van der Waals surface area contributed by atoms with Gasteiger partial charge in [-0.2, -0.15) is 0 Å². The molecule has 0 fully saturated rings. The molecule has 0 spiro atoms. The van der Waals surface area contributed by atoms with Gasteiger partial charge < -0.3 is 10.6 Å². The van der Waals surface area contributed by atoms with Crippen LogP contribution in [0.2, 0.25) is 0 Å². The molecule has 148 valence electrons. The minimum absolute atomic E-state index is 0.157. The van der Waals surface area contributed by atoms with Gasteiger partial charge in [-0.05, 0) is 42.3 Å². The molecule has 4 aromatic rings. The Labute approximate surface area is 175 Å². The van der Waals surface area contributed by atoms with E-state index in [1.807, 2.05) is 72.8 Å². The Morgan fingerprint density at radius 3 is 2.40 bits per heavy atom. The predicted molar refractivity (Wildman–Crippen MR) is 121 cm³/mol. The van der Waals surface area contributed by atoms with Crippen LogP contribution in [0.1, 0.15) is 22.8 Å². The first-order chi connectivity index (χ1) is 14.7. The lowest BCUT2D eigenvalue weighted by Gasteiger charge is -2.10. The van der Waals surface area contributed by atoms with E-state index < -0.39 is 0 Å². The maximum atomic E-state index is 12.6. The van der Waals surface area contributed by atoms with Crippen LogP contribution in [-0.2, 0) is 6.42 Å². The van der Waals surface area contributed by atoms with Crippen LogP contribution in [0.4, 0.5) is 17.2 Å². The van der Waals surface area contributed by atoms with Crippen LogP contribution in [0.25, 0.3) is 11.3 Å². The molecule has 0 aliphatic rings. The van der Waals surface area contributed by atoms with E-state index in [-0.39, 0.29) is 5.91 Å². The monoisotopic (exact) mass is 394 g/mol. The van der Waals surface area contributed by atoms with Crippen molar-refractivity contribution in [1.82, 2.24) is 9.97 Å². The average molecular weight is 394 g/mol. The van der Waals surface area contributed by atoms with Crippen molar-refractivity contribution in [3.63, 3.8) is 0 Å². The van der Waals surface area contributed by atoms with Gasteiger partial charge in [0.15, 0.2) is 0 Å². The number of carbonyl (C=O) groups is 1. The van der Waals surface area contributed by atoms with Crippen molar-refractivity contribution in [3.8, 4) is 11.3 Å². The third-order valence-corrected chi connectivity index (χ3v) is 4.75. The number of nitrogens with zero attached hydrogens (tertiary/aromatic N) is 2. The first-order valence-corrected chi connectivity index (χ1v) is 9.86. The van der Waals surface area contributed by atoms with Crippen molar-refractivity contribution in [1.29, 1.82) is 0 Å². The minimum Gasteiger partial charge on any atom is -0.340 e. The third-order valence-electron chi connectivity index (χ3n) is 4.75. The normalized spacial score (nSPS) is 10.4. The van der Waals surface area contributed by atoms with Crippen LogP contribution in [-0.4, -0.2) is 15.9 Å². The highest BCUT2D eigenvalue weighted by Gasteiger charge is 2.08. The van der Waals surface area contributed by atoms with Gasteiger partial charge in [-0.15, -0.1) is 0 Å². The number of aryl methyl sites for hydroxylation is 1. The van der Waals surface area contributed by atoms with E-state index in [0.29, 0.717) is 11.4 Å². The van der Waals surface area contributed by atoms with E-state index in [4.69, 9.17) is 0 Å². The first kappa shape index (κ1) is 19.3. The molecule has 0 saturated carbocycles. The zero-order valence-electron chi connectivity index (χ0n) is 16.7. The van der Waals surface area contributed by atoms with E-state index in [1.54, 1.807) is 12.1 Å². The first-order valence-electron chi connectivity index (χ1n) is 9.86. The SMILES string of the molecule is CCc1ccc(NC(=O)c2cccc(Nc3cc(-c4ccccc4)ncn3)c2)cc1. The summed E-state index contributed by atoms with van der Waals surface area (Å²) in [5.74, 6) is 0.507. The highest BCUT2D eigenvalue weighted by atomic mass is 16.1. The fourth-order valence-electron chi connectivity index (χ4n) is 3.11. The third kappa shape index (κ3) is 4.70. The molecule has 0 saturated heterocycles. The molecule has 4 rings (SSSR count). The molecule has 0 aliphatic carbocycles. The summed E-state index contributed by atoms with van der Waals surface area (Å²) in [5.41, 5.74) is 5.21. The predicted octanol–water partition coefficient (Wildman–Crippen LogP) is 5.70. The van der Waals surface area contributed by atoms with Gasteiger partial charge in [0.2, 0.25) is 0 Å². The van der Waals surface area contributed by atoms with Gasteiger partial charge in [-0.25, -0.2) is 9.97 Å². The maximum Gasteiger partial charge on any atom is 0.255 e. The largest absolute Gasteiger partial charge is 0.340 e. The highest BCUT2D eigenvalue weighted by Crippen LogP contribution is 2.22. The van der Waals surface area contributed by atoms with E-state index in [2.05, 4.69) is 27.5 Å². The van der Waals surface area contributed by atoms with Crippen LogP contribution < -0.4 is 10.6 Å². The molecule has 0 atom stereocenters. The van der Waals surface area contributed by atoms with Gasteiger partial charge in [0.05, 0.1) is 5.69 Å².